The summed E-state index contributed by atoms with van der Waals surface area (Å²) < 4.78 is 2.09. The molecule has 0 aliphatic rings. The molecule has 1 heteroatoms. The summed E-state index contributed by atoms with van der Waals surface area (Å²) in [6.07, 6.45) is 0. The maximum atomic E-state index is 2.09. The Labute approximate surface area is 61.9 Å². The zero-order valence-corrected chi connectivity index (χ0v) is 6.70. The standard InChI is InChI=1S/C7H6Te/c8-6-7-4-2-1-3-5-7/h1-6H. The van der Waals surface area contributed by atoms with Crippen molar-refractivity contribution < 1.29 is 0 Å². The maximum absolute atomic E-state index is 2.09. The summed E-state index contributed by atoms with van der Waals surface area (Å²) in [5.74, 6) is 0. The van der Waals surface area contributed by atoms with E-state index in [-0.39, 0.29) is 0 Å². The van der Waals surface area contributed by atoms with Gasteiger partial charge in [-0.15, -0.1) is 0 Å². The summed E-state index contributed by atoms with van der Waals surface area (Å²) in [7, 11) is 0. The van der Waals surface area contributed by atoms with Crippen molar-refractivity contribution in [1.82, 2.24) is 0 Å². The van der Waals surface area contributed by atoms with Gasteiger partial charge in [-0.05, 0) is 0 Å². The molecule has 0 nitrogen and oxygen atoms in total. The molecule has 0 fully saturated rings. The van der Waals surface area contributed by atoms with E-state index in [0.717, 1.165) is 0 Å². The summed E-state index contributed by atoms with van der Waals surface area (Å²) in [4.78, 5) is 0. The predicted molar refractivity (Wildman–Crippen MR) is 37.4 cm³/mol. The van der Waals surface area contributed by atoms with Gasteiger partial charge in [-0.2, -0.15) is 0 Å². The van der Waals surface area contributed by atoms with Crippen LogP contribution in [0.4, 0.5) is 0 Å². The second-order valence-electron chi connectivity index (χ2n) is 1.53. The van der Waals surface area contributed by atoms with Crippen LogP contribution in [0, 0.1) is 0 Å². The van der Waals surface area contributed by atoms with Crippen molar-refractivity contribution in [3.05, 3.63) is 35.9 Å². The van der Waals surface area contributed by atoms with Crippen LogP contribution in [0.15, 0.2) is 30.3 Å². The Morgan fingerprint density at radius 3 is 2.12 bits per heavy atom. The van der Waals surface area contributed by atoms with E-state index in [2.05, 4.69) is 16.2 Å². The van der Waals surface area contributed by atoms with Crippen LogP contribution >= 0.6 is 0 Å². The molecule has 0 N–H and O–H groups in total. The topological polar surface area (TPSA) is 0 Å². The van der Waals surface area contributed by atoms with E-state index in [9.17, 15) is 0 Å². The molecule has 1 aromatic rings. The molecule has 8 heavy (non-hydrogen) atoms. The summed E-state index contributed by atoms with van der Waals surface area (Å²) in [6.45, 7) is 0. The van der Waals surface area contributed by atoms with Crippen LogP contribution in [0.1, 0.15) is 5.56 Å². The van der Waals surface area contributed by atoms with Crippen molar-refractivity contribution in [3.63, 3.8) is 0 Å². The number of hydrogen-bond donors (Lipinski definition) is 0. The third-order valence-electron chi connectivity index (χ3n) is 0.936. The van der Waals surface area contributed by atoms with Gasteiger partial charge >= 0.3 is 61.8 Å². The van der Waals surface area contributed by atoms with Gasteiger partial charge in [-0.3, -0.25) is 0 Å². The van der Waals surface area contributed by atoms with Crippen LogP contribution in [0.2, 0.25) is 0 Å². The summed E-state index contributed by atoms with van der Waals surface area (Å²) in [5.41, 5.74) is 1.29. The van der Waals surface area contributed by atoms with Gasteiger partial charge in [-0.1, -0.05) is 0 Å². The number of rotatable bonds is 1. The van der Waals surface area contributed by atoms with Crippen LogP contribution in [0.3, 0.4) is 0 Å². The molecule has 40 valence electrons. The molecule has 1 aromatic carbocycles. The fourth-order valence-corrected chi connectivity index (χ4v) is 0.980. The van der Waals surface area contributed by atoms with E-state index in [4.69, 9.17) is 0 Å². The average molecular weight is 218 g/mol. The molecule has 0 saturated carbocycles. The van der Waals surface area contributed by atoms with Crippen LogP contribution in [0.25, 0.3) is 0 Å². The van der Waals surface area contributed by atoms with Crippen molar-refractivity contribution in [1.29, 1.82) is 0 Å². The van der Waals surface area contributed by atoms with Crippen molar-refractivity contribution >= 4 is 25.9 Å². The van der Waals surface area contributed by atoms with Crippen molar-refractivity contribution in [2.45, 2.75) is 0 Å². The molecule has 0 aliphatic carbocycles. The fraction of sp³-hybridized carbons (Fsp3) is 0. The van der Waals surface area contributed by atoms with Gasteiger partial charge in [0.15, 0.2) is 0 Å². The van der Waals surface area contributed by atoms with Gasteiger partial charge in [0.25, 0.3) is 0 Å². The van der Waals surface area contributed by atoms with Gasteiger partial charge in [0.05, 0.1) is 0 Å². The molecule has 0 unspecified atom stereocenters. The molecule has 0 aromatic heterocycles. The zero-order chi connectivity index (χ0) is 5.82. The fourth-order valence-electron chi connectivity index (χ4n) is 0.532. The van der Waals surface area contributed by atoms with E-state index in [1.54, 1.807) is 0 Å². The molecule has 0 radical (unpaired) electrons. The molecule has 0 spiro atoms. The Morgan fingerprint density at radius 1 is 1.12 bits per heavy atom. The molecule has 0 bridgehead atoms. The van der Waals surface area contributed by atoms with Crippen LogP contribution in [-0.4, -0.2) is 25.9 Å². The quantitative estimate of drug-likeness (QED) is 0.616. The average Bonchev–Trinajstić information content (AvgIpc) is 1.90. The molecule has 1 rings (SSSR count). The number of benzene rings is 1. The van der Waals surface area contributed by atoms with Gasteiger partial charge < -0.3 is 0 Å². The van der Waals surface area contributed by atoms with Crippen molar-refractivity contribution in [2.24, 2.45) is 0 Å². The monoisotopic (exact) mass is 220 g/mol. The SMILES string of the molecule is [Te]=Cc1ccccc1. The first-order chi connectivity index (χ1) is 3.93. The van der Waals surface area contributed by atoms with Crippen molar-refractivity contribution in [2.75, 3.05) is 0 Å². The second-order valence-corrected chi connectivity index (χ2v) is 2.20. The molecule has 0 atom stereocenters. The Bertz CT molecular complexity index is 167. The minimum atomic E-state index is 1.29. The minimum absolute atomic E-state index is 1.29. The van der Waals surface area contributed by atoms with E-state index >= 15 is 0 Å². The first-order valence-electron chi connectivity index (χ1n) is 2.44. The van der Waals surface area contributed by atoms with Crippen molar-refractivity contribution in [3.8, 4) is 0 Å². The first-order valence-corrected chi connectivity index (χ1v) is 3.78. The molecular formula is C7H6Te. The summed E-state index contributed by atoms with van der Waals surface area (Å²) >= 11 is 1.97. The number of hydrogen-bond acceptors (Lipinski definition) is 0. The predicted octanol–water partition coefficient (Wildman–Crippen LogP) is 1.01. The molecule has 0 amide bonds. The Kier molecular flexibility index (Phi) is 2.26. The Balaban J connectivity index is 2.99. The van der Waals surface area contributed by atoms with Crippen LogP contribution in [-0.2, 0) is 0 Å². The zero-order valence-electron chi connectivity index (χ0n) is 4.37. The van der Waals surface area contributed by atoms with E-state index in [0.29, 0.717) is 0 Å². The summed E-state index contributed by atoms with van der Waals surface area (Å²) in [5, 5.41) is 0. The Morgan fingerprint density at radius 2 is 1.75 bits per heavy atom. The molecule has 0 aliphatic heterocycles. The summed E-state index contributed by atoms with van der Waals surface area (Å²) in [6, 6.07) is 10.3. The molecular weight excluding hydrogens is 212 g/mol. The van der Waals surface area contributed by atoms with E-state index in [1.807, 2.05) is 40.0 Å². The van der Waals surface area contributed by atoms with Crippen LogP contribution < -0.4 is 0 Å². The molecule has 0 saturated heterocycles. The van der Waals surface area contributed by atoms with Crippen LogP contribution in [0.5, 0.6) is 0 Å². The molecule has 0 heterocycles. The van der Waals surface area contributed by atoms with Gasteiger partial charge in [-0.25, -0.2) is 0 Å². The van der Waals surface area contributed by atoms with E-state index in [1.165, 1.54) is 5.56 Å². The van der Waals surface area contributed by atoms with Gasteiger partial charge in [0.1, 0.15) is 0 Å². The third kappa shape index (κ3) is 1.43. The third-order valence-corrected chi connectivity index (χ3v) is 1.71. The van der Waals surface area contributed by atoms with Gasteiger partial charge in [0.2, 0.25) is 0 Å². The second kappa shape index (κ2) is 3.02. The normalized spacial score (nSPS) is 8.50. The van der Waals surface area contributed by atoms with E-state index < -0.39 is 0 Å². The Hall–Kier alpha value is -0.120. The first kappa shape index (κ1) is 6.01. The van der Waals surface area contributed by atoms with Gasteiger partial charge in [0, 0.05) is 0 Å².